The second-order valence-corrected chi connectivity index (χ2v) is 6.42. The quantitative estimate of drug-likeness (QED) is 0.814. The normalized spacial score (nSPS) is 11.6. The van der Waals surface area contributed by atoms with Gasteiger partial charge in [-0.05, 0) is 47.3 Å². The third kappa shape index (κ3) is 5.05. The number of hydrogen-bond acceptors (Lipinski definition) is 3. The minimum absolute atomic E-state index is 0.130. The Bertz CT molecular complexity index is 434. The lowest BCUT2D eigenvalue weighted by molar-refractivity contribution is 0.580. The van der Waals surface area contributed by atoms with Gasteiger partial charge < -0.3 is 0 Å². The first kappa shape index (κ1) is 13.6. The molecule has 0 spiro atoms. The van der Waals surface area contributed by atoms with E-state index in [9.17, 15) is 8.42 Å². The maximum absolute atomic E-state index is 11.1. The number of sulfonamides is 1. The number of hydrogen-bond donors (Lipinski definition) is 1. The molecule has 4 nitrogen and oxygen atoms in total. The van der Waals surface area contributed by atoms with E-state index in [4.69, 9.17) is 0 Å². The van der Waals surface area contributed by atoms with Crippen molar-refractivity contribution in [2.75, 3.05) is 12.3 Å². The van der Waals surface area contributed by atoms with Gasteiger partial charge in [0, 0.05) is 23.4 Å². The van der Waals surface area contributed by atoms with E-state index >= 15 is 0 Å². The molecule has 0 amide bonds. The average Bonchev–Trinajstić information content (AvgIpc) is 2.25. The fourth-order valence-electron chi connectivity index (χ4n) is 1.21. The van der Waals surface area contributed by atoms with Crippen LogP contribution >= 0.6 is 15.9 Å². The van der Waals surface area contributed by atoms with Crippen LogP contribution in [-0.2, 0) is 16.4 Å². The molecule has 16 heavy (non-hydrogen) atoms. The summed E-state index contributed by atoms with van der Waals surface area (Å²) in [5, 5.41) is 0. The summed E-state index contributed by atoms with van der Waals surface area (Å²) >= 11 is 3.34. The molecule has 0 saturated heterocycles. The van der Waals surface area contributed by atoms with E-state index in [-0.39, 0.29) is 5.75 Å². The minimum Gasteiger partial charge on any atom is -0.263 e. The zero-order chi connectivity index (χ0) is 12.0. The number of nitrogens with zero attached hydrogens (tertiary/aromatic N) is 1. The minimum atomic E-state index is -3.06. The van der Waals surface area contributed by atoms with Gasteiger partial charge in [0.2, 0.25) is 10.0 Å². The molecule has 0 fully saturated rings. The second-order valence-electron chi connectivity index (χ2n) is 3.41. The van der Waals surface area contributed by atoms with E-state index in [1.165, 1.54) is 0 Å². The molecule has 1 heterocycles. The monoisotopic (exact) mass is 306 g/mol. The van der Waals surface area contributed by atoms with Gasteiger partial charge >= 0.3 is 0 Å². The maximum Gasteiger partial charge on any atom is 0.211 e. The molecule has 0 aromatic carbocycles. The standard InChI is InChI=1S/C10H15BrN2O2S/c1-2-16(14,15)13-5-3-4-9-6-10(11)8-12-7-9/h6-8,13H,2-5H2,1H3. The summed E-state index contributed by atoms with van der Waals surface area (Å²) in [5.74, 6) is 0.130. The van der Waals surface area contributed by atoms with Crippen LogP contribution in [-0.4, -0.2) is 25.7 Å². The Morgan fingerprint density at radius 1 is 1.44 bits per heavy atom. The Balaban J connectivity index is 2.32. The van der Waals surface area contributed by atoms with E-state index in [0.29, 0.717) is 6.54 Å². The van der Waals surface area contributed by atoms with Gasteiger partial charge in [0.15, 0.2) is 0 Å². The van der Waals surface area contributed by atoms with E-state index in [2.05, 4.69) is 25.6 Å². The van der Waals surface area contributed by atoms with Crippen molar-refractivity contribution in [3.8, 4) is 0 Å². The van der Waals surface area contributed by atoms with Crippen molar-refractivity contribution >= 4 is 26.0 Å². The van der Waals surface area contributed by atoms with Gasteiger partial charge in [0.25, 0.3) is 0 Å². The maximum atomic E-state index is 11.1. The van der Waals surface area contributed by atoms with Crippen molar-refractivity contribution in [3.63, 3.8) is 0 Å². The molecule has 0 aliphatic rings. The van der Waals surface area contributed by atoms with Gasteiger partial charge in [0.1, 0.15) is 0 Å². The molecule has 1 aromatic heterocycles. The summed E-state index contributed by atoms with van der Waals surface area (Å²) in [6.07, 6.45) is 5.11. The number of aromatic nitrogens is 1. The first-order chi connectivity index (χ1) is 7.53. The molecule has 0 aliphatic heterocycles. The molecule has 0 aliphatic carbocycles. The van der Waals surface area contributed by atoms with E-state index in [1.807, 2.05) is 6.07 Å². The molecule has 1 N–H and O–H groups in total. The third-order valence-corrected chi connectivity index (χ3v) is 3.94. The first-order valence-corrected chi connectivity index (χ1v) is 7.55. The number of aryl methyl sites for hydroxylation is 1. The van der Waals surface area contributed by atoms with Crippen LogP contribution in [0.2, 0.25) is 0 Å². The lowest BCUT2D eigenvalue weighted by atomic mass is 10.2. The highest BCUT2D eigenvalue weighted by atomic mass is 79.9. The van der Waals surface area contributed by atoms with Gasteiger partial charge in [-0.1, -0.05) is 0 Å². The van der Waals surface area contributed by atoms with Crippen LogP contribution in [0.1, 0.15) is 18.9 Å². The number of halogens is 1. The van der Waals surface area contributed by atoms with Crippen LogP contribution in [0.3, 0.4) is 0 Å². The van der Waals surface area contributed by atoms with Crippen molar-refractivity contribution in [1.82, 2.24) is 9.71 Å². The van der Waals surface area contributed by atoms with Crippen LogP contribution in [0.15, 0.2) is 22.9 Å². The molecule has 0 saturated carbocycles. The summed E-state index contributed by atoms with van der Waals surface area (Å²) in [6, 6.07) is 1.99. The molecular formula is C10H15BrN2O2S. The van der Waals surface area contributed by atoms with Gasteiger partial charge in [-0.2, -0.15) is 0 Å². The number of nitrogens with one attached hydrogen (secondary N) is 1. The Kier molecular flexibility index (Phi) is 5.37. The molecule has 1 rings (SSSR count). The van der Waals surface area contributed by atoms with E-state index < -0.39 is 10.0 Å². The molecule has 0 unspecified atom stereocenters. The first-order valence-electron chi connectivity index (χ1n) is 5.10. The average molecular weight is 307 g/mol. The van der Waals surface area contributed by atoms with Crippen LogP contribution in [0, 0.1) is 0 Å². The van der Waals surface area contributed by atoms with Crippen LogP contribution in [0.25, 0.3) is 0 Å². The van der Waals surface area contributed by atoms with E-state index in [1.54, 1.807) is 19.3 Å². The highest BCUT2D eigenvalue weighted by molar-refractivity contribution is 9.10. The lowest BCUT2D eigenvalue weighted by Gasteiger charge is -2.04. The van der Waals surface area contributed by atoms with Gasteiger partial charge in [0.05, 0.1) is 5.75 Å². The molecule has 90 valence electrons. The van der Waals surface area contributed by atoms with Crippen LogP contribution in [0.5, 0.6) is 0 Å². The summed E-state index contributed by atoms with van der Waals surface area (Å²) in [6.45, 7) is 2.10. The zero-order valence-corrected chi connectivity index (χ0v) is 11.5. The smallest absolute Gasteiger partial charge is 0.211 e. The number of rotatable bonds is 6. The van der Waals surface area contributed by atoms with Crippen molar-refractivity contribution in [2.24, 2.45) is 0 Å². The Labute approximate surface area is 105 Å². The third-order valence-electron chi connectivity index (χ3n) is 2.11. The Morgan fingerprint density at radius 2 is 2.19 bits per heavy atom. The van der Waals surface area contributed by atoms with Gasteiger partial charge in [-0.3, -0.25) is 4.98 Å². The Hall–Kier alpha value is -0.460. The van der Waals surface area contributed by atoms with Crippen molar-refractivity contribution < 1.29 is 8.42 Å². The predicted molar refractivity (Wildman–Crippen MR) is 67.7 cm³/mol. The number of pyridine rings is 1. The van der Waals surface area contributed by atoms with Crippen molar-refractivity contribution in [2.45, 2.75) is 19.8 Å². The lowest BCUT2D eigenvalue weighted by Crippen LogP contribution is -2.26. The van der Waals surface area contributed by atoms with Crippen molar-refractivity contribution in [3.05, 3.63) is 28.5 Å². The fourth-order valence-corrected chi connectivity index (χ4v) is 2.29. The molecule has 0 radical (unpaired) electrons. The highest BCUT2D eigenvalue weighted by Crippen LogP contribution is 2.10. The van der Waals surface area contributed by atoms with Gasteiger partial charge in [-0.15, -0.1) is 0 Å². The summed E-state index contributed by atoms with van der Waals surface area (Å²) < 4.78 is 25.7. The van der Waals surface area contributed by atoms with Gasteiger partial charge in [-0.25, -0.2) is 13.1 Å². The summed E-state index contributed by atoms with van der Waals surface area (Å²) in [7, 11) is -3.06. The molecule has 0 bridgehead atoms. The molecule has 0 atom stereocenters. The second kappa shape index (κ2) is 6.32. The largest absolute Gasteiger partial charge is 0.263 e. The summed E-state index contributed by atoms with van der Waals surface area (Å²) in [4.78, 5) is 4.04. The molecular weight excluding hydrogens is 292 g/mol. The SMILES string of the molecule is CCS(=O)(=O)NCCCc1cncc(Br)c1. The topological polar surface area (TPSA) is 59.1 Å². The van der Waals surface area contributed by atoms with E-state index in [0.717, 1.165) is 22.9 Å². The molecule has 6 heteroatoms. The van der Waals surface area contributed by atoms with Crippen LogP contribution < -0.4 is 4.72 Å². The Morgan fingerprint density at radius 3 is 2.81 bits per heavy atom. The molecule has 1 aromatic rings. The van der Waals surface area contributed by atoms with Crippen LogP contribution in [0.4, 0.5) is 0 Å². The predicted octanol–water partition coefficient (Wildman–Crippen LogP) is 1.72. The fraction of sp³-hybridized carbons (Fsp3) is 0.500. The summed E-state index contributed by atoms with van der Waals surface area (Å²) in [5.41, 5.74) is 1.10. The zero-order valence-electron chi connectivity index (χ0n) is 9.11. The van der Waals surface area contributed by atoms with Crippen molar-refractivity contribution in [1.29, 1.82) is 0 Å². The highest BCUT2D eigenvalue weighted by Gasteiger charge is 2.04.